The number of aromatic nitrogens is 1. The van der Waals surface area contributed by atoms with Gasteiger partial charge in [0.2, 0.25) is 5.91 Å². The van der Waals surface area contributed by atoms with Crippen molar-refractivity contribution >= 4 is 5.91 Å². The van der Waals surface area contributed by atoms with Crippen molar-refractivity contribution in [3.05, 3.63) is 40.8 Å². The molecule has 0 aliphatic carbocycles. The summed E-state index contributed by atoms with van der Waals surface area (Å²) in [5.74, 6) is 2.54. The lowest BCUT2D eigenvalue weighted by Gasteiger charge is -2.38. The van der Waals surface area contributed by atoms with E-state index in [2.05, 4.69) is 23.2 Å². The van der Waals surface area contributed by atoms with Crippen LogP contribution in [-0.2, 0) is 17.6 Å². The quantitative estimate of drug-likeness (QED) is 0.609. The molecule has 0 unspecified atom stereocenters. The van der Waals surface area contributed by atoms with Gasteiger partial charge in [-0.15, -0.1) is 0 Å². The number of benzene rings is 1. The number of aryl methyl sites for hydroxylation is 2. The van der Waals surface area contributed by atoms with Crippen molar-refractivity contribution in [3.63, 3.8) is 0 Å². The highest BCUT2D eigenvalue weighted by molar-refractivity contribution is 5.76. The van der Waals surface area contributed by atoms with Crippen molar-refractivity contribution in [2.24, 2.45) is 0 Å². The van der Waals surface area contributed by atoms with Gasteiger partial charge in [-0.1, -0.05) is 11.2 Å². The molecule has 2 heterocycles. The van der Waals surface area contributed by atoms with E-state index < -0.39 is 0 Å². The number of carbonyl (C=O) groups excluding carboxylic acids is 1. The van der Waals surface area contributed by atoms with Crippen LogP contribution in [0.4, 0.5) is 0 Å². The third kappa shape index (κ3) is 5.79. The maximum atomic E-state index is 12.8. The highest BCUT2D eigenvalue weighted by atomic mass is 16.5. The summed E-state index contributed by atoms with van der Waals surface area (Å²) in [6.07, 6.45) is 4.28. The molecule has 0 spiro atoms. The van der Waals surface area contributed by atoms with Crippen molar-refractivity contribution in [1.82, 2.24) is 15.0 Å². The fourth-order valence-corrected chi connectivity index (χ4v) is 4.31. The molecule has 1 amide bonds. The maximum absolute atomic E-state index is 12.8. The molecular weight excluding hydrogens is 394 g/mol. The molecule has 170 valence electrons. The minimum absolute atomic E-state index is 0.220. The Labute approximate surface area is 185 Å². The Morgan fingerprint density at radius 2 is 2.00 bits per heavy atom. The van der Waals surface area contributed by atoms with E-state index in [-0.39, 0.29) is 5.91 Å². The van der Waals surface area contributed by atoms with Crippen LogP contribution in [-0.4, -0.2) is 67.8 Å². The van der Waals surface area contributed by atoms with Gasteiger partial charge in [0.25, 0.3) is 0 Å². The first-order valence-electron chi connectivity index (χ1n) is 11.0. The van der Waals surface area contributed by atoms with E-state index in [1.165, 1.54) is 5.56 Å². The number of piperidine rings is 1. The van der Waals surface area contributed by atoms with Gasteiger partial charge in [0.05, 0.1) is 19.9 Å². The average molecular weight is 430 g/mol. The Kier molecular flexibility index (Phi) is 7.96. The molecule has 0 bridgehead atoms. The Morgan fingerprint density at radius 1 is 1.23 bits per heavy atom. The zero-order valence-electron chi connectivity index (χ0n) is 19.4. The van der Waals surface area contributed by atoms with Gasteiger partial charge in [0.1, 0.15) is 5.76 Å². The summed E-state index contributed by atoms with van der Waals surface area (Å²) in [5.41, 5.74) is 3.17. The molecule has 1 saturated heterocycles. The second-order valence-electron chi connectivity index (χ2n) is 8.36. The van der Waals surface area contributed by atoms with E-state index in [0.717, 1.165) is 67.4 Å². The minimum Gasteiger partial charge on any atom is -0.493 e. The van der Waals surface area contributed by atoms with Crippen LogP contribution in [0.15, 0.2) is 22.7 Å². The number of hydrogen-bond acceptors (Lipinski definition) is 6. The average Bonchev–Trinajstić information content (AvgIpc) is 3.12. The number of ether oxygens (including phenoxy) is 2. The van der Waals surface area contributed by atoms with Gasteiger partial charge < -0.3 is 23.8 Å². The lowest BCUT2D eigenvalue weighted by atomic mass is 10.0. The van der Waals surface area contributed by atoms with Crippen molar-refractivity contribution in [3.8, 4) is 11.5 Å². The van der Waals surface area contributed by atoms with Crippen LogP contribution < -0.4 is 9.47 Å². The molecule has 7 nitrogen and oxygen atoms in total. The van der Waals surface area contributed by atoms with Crippen molar-refractivity contribution in [2.75, 3.05) is 40.9 Å². The molecule has 1 aromatic carbocycles. The molecule has 2 aromatic rings. The summed E-state index contributed by atoms with van der Waals surface area (Å²) in [5, 5.41) is 3.99. The number of methoxy groups -OCH3 is 2. The zero-order chi connectivity index (χ0) is 22.4. The van der Waals surface area contributed by atoms with E-state index in [4.69, 9.17) is 14.0 Å². The zero-order valence-corrected chi connectivity index (χ0v) is 19.4. The van der Waals surface area contributed by atoms with Crippen LogP contribution >= 0.6 is 0 Å². The Balaban J connectivity index is 1.50. The molecule has 0 N–H and O–H groups in total. The first-order chi connectivity index (χ1) is 14.9. The maximum Gasteiger partial charge on any atom is 0.222 e. The van der Waals surface area contributed by atoms with Crippen LogP contribution in [0.5, 0.6) is 11.5 Å². The third-order valence-electron chi connectivity index (χ3n) is 6.34. The van der Waals surface area contributed by atoms with Crippen LogP contribution in [0.1, 0.15) is 41.8 Å². The van der Waals surface area contributed by atoms with Gasteiger partial charge in [0, 0.05) is 37.7 Å². The van der Waals surface area contributed by atoms with Crippen molar-refractivity contribution in [2.45, 2.75) is 52.0 Å². The van der Waals surface area contributed by atoms with Crippen LogP contribution in [0.2, 0.25) is 0 Å². The molecule has 0 saturated carbocycles. The molecule has 1 aliphatic rings. The molecule has 1 atom stereocenters. The highest BCUT2D eigenvalue weighted by Crippen LogP contribution is 2.28. The van der Waals surface area contributed by atoms with E-state index >= 15 is 0 Å². The molecule has 0 radical (unpaired) electrons. The van der Waals surface area contributed by atoms with Crippen LogP contribution in [0.3, 0.4) is 0 Å². The summed E-state index contributed by atoms with van der Waals surface area (Å²) in [6.45, 7) is 6.41. The van der Waals surface area contributed by atoms with Crippen molar-refractivity contribution < 1.29 is 18.8 Å². The second kappa shape index (κ2) is 10.7. The van der Waals surface area contributed by atoms with E-state index in [9.17, 15) is 4.79 Å². The van der Waals surface area contributed by atoms with E-state index in [0.29, 0.717) is 18.9 Å². The molecular formula is C24H35N3O4. The highest BCUT2D eigenvalue weighted by Gasteiger charge is 2.26. The predicted molar refractivity (Wildman–Crippen MR) is 120 cm³/mol. The van der Waals surface area contributed by atoms with Gasteiger partial charge in [-0.2, -0.15) is 0 Å². The fraction of sp³-hybridized carbons (Fsp3) is 0.583. The largest absolute Gasteiger partial charge is 0.493 e. The summed E-state index contributed by atoms with van der Waals surface area (Å²) in [7, 11) is 5.46. The number of nitrogens with zero attached hydrogens (tertiary/aromatic N) is 3. The molecule has 1 fully saturated rings. The Morgan fingerprint density at radius 3 is 2.68 bits per heavy atom. The number of likely N-dealkylation sites (tertiary alicyclic amines) is 1. The van der Waals surface area contributed by atoms with Crippen LogP contribution in [0, 0.1) is 13.8 Å². The molecule has 7 heteroatoms. The topological polar surface area (TPSA) is 68.0 Å². The number of carbonyl (C=O) groups is 1. The standard InChI is InChI=1S/C24H35N3O4/c1-17-21(18(2)31-25-17)9-11-24(28)27-13-6-7-20(16-27)26(3)14-12-19-8-10-22(29-4)23(15-19)30-5/h8,10,15,20H,6-7,9,11-14,16H2,1-5H3/t20-/m0/s1. The Bertz CT molecular complexity index is 860. The number of likely N-dealkylation sites (N-methyl/N-ethyl adjacent to an activating group) is 1. The SMILES string of the molecule is COc1ccc(CCN(C)[C@H]2CCCN(C(=O)CCc3c(C)noc3C)C2)cc1OC. The smallest absolute Gasteiger partial charge is 0.222 e. The lowest BCUT2D eigenvalue weighted by Crippen LogP contribution is -2.49. The monoisotopic (exact) mass is 429 g/mol. The summed E-state index contributed by atoms with van der Waals surface area (Å²) in [4.78, 5) is 17.2. The molecule has 1 aromatic heterocycles. The second-order valence-corrected chi connectivity index (χ2v) is 8.36. The fourth-order valence-electron chi connectivity index (χ4n) is 4.31. The van der Waals surface area contributed by atoms with E-state index in [1.807, 2.05) is 30.9 Å². The van der Waals surface area contributed by atoms with Crippen molar-refractivity contribution in [1.29, 1.82) is 0 Å². The third-order valence-corrected chi connectivity index (χ3v) is 6.34. The summed E-state index contributed by atoms with van der Waals surface area (Å²) < 4.78 is 15.9. The molecule has 1 aliphatic heterocycles. The normalized spacial score (nSPS) is 16.6. The number of hydrogen-bond donors (Lipinski definition) is 0. The molecule has 31 heavy (non-hydrogen) atoms. The summed E-state index contributed by atoms with van der Waals surface area (Å²) in [6, 6.07) is 6.46. The lowest BCUT2D eigenvalue weighted by molar-refractivity contribution is -0.133. The first-order valence-corrected chi connectivity index (χ1v) is 11.0. The number of amides is 1. The van der Waals surface area contributed by atoms with Gasteiger partial charge in [-0.05, 0) is 64.3 Å². The Hall–Kier alpha value is -2.54. The van der Waals surface area contributed by atoms with Gasteiger partial charge >= 0.3 is 0 Å². The number of rotatable bonds is 9. The van der Waals surface area contributed by atoms with Gasteiger partial charge in [-0.25, -0.2) is 0 Å². The van der Waals surface area contributed by atoms with Gasteiger partial charge in [0.15, 0.2) is 11.5 Å². The van der Waals surface area contributed by atoms with E-state index in [1.54, 1.807) is 14.2 Å². The first kappa shape index (κ1) is 23.1. The minimum atomic E-state index is 0.220. The summed E-state index contributed by atoms with van der Waals surface area (Å²) >= 11 is 0. The van der Waals surface area contributed by atoms with Gasteiger partial charge in [-0.3, -0.25) is 4.79 Å². The van der Waals surface area contributed by atoms with Crippen LogP contribution in [0.25, 0.3) is 0 Å². The predicted octanol–water partition coefficient (Wildman–Crippen LogP) is 3.41. The molecule has 3 rings (SSSR count).